The fraction of sp³-hybridized carbons (Fsp3) is 0.188. The van der Waals surface area contributed by atoms with Crippen molar-refractivity contribution >= 4 is 29.3 Å². The molecule has 6 nitrogen and oxygen atoms in total. The number of hydrogen-bond acceptors (Lipinski definition) is 3. The molecule has 0 unspecified atom stereocenters. The molecule has 0 aliphatic carbocycles. The number of aromatic hydroxyl groups is 1. The van der Waals surface area contributed by atoms with Crippen LogP contribution in [0.4, 0.5) is 5.82 Å². The van der Waals surface area contributed by atoms with Crippen LogP contribution in [-0.2, 0) is 0 Å². The van der Waals surface area contributed by atoms with Crippen LogP contribution >= 0.6 is 11.6 Å². The van der Waals surface area contributed by atoms with Crippen molar-refractivity contribution < 1.29 is 9.90 Å². The van der Waals surface area contributed by atoms with Gasteiger partial charge in [-0.05, 0) is 44.2 Å². The smallest absolute Gasteiger partial charge is 0.280 e. The van der Waals surface area contributed by atoms with Crippen molar-refractivity contribution in [3.63, 3.8) is 0 Å². The Kier molecular flexibility index (Phi) is 5.54. The van der Waals surface area contributed by atoms with Gasteiger partial charge in [-0.25, -0.2) is 0 Å². The van der Waals surface area contributed by atoms with Crippen molar-refractivity contribution in [2.75, 3.05) is 5.32 Å². The zero-order valence-electron chi connectivity index (χ0n) is 12.7. The Labute approximate surface area is 139 Å². The molecule has 2 rings (SSSR count). The lowest BCUT2D eigenvalue weighted by Gasteiger charge is -2.14. The summed E-state index contributed by atoms with van der Waals surface area (Å²) in [7, 11) is 0. The first-order valence-electron chi connectivity index (χ1n) is 7.02. The molecule has 1 aromatic carbocycles. The number of amides is 1. The summed E-state index contributed by atoms with van der Waals surface area (Å²) in [6.07, 6.45) is 0. The van der Waals surface area contributed by atoms with Gasteiger partial charge in [0.2, 0.25) is 11.8 Å². The predicted molar refractivity (Wildman–Crippen MR) is 91.0 cm³/mol. The normalized spacial score (nSPS) is 11.4. The van der Waals surface area contributed by atoms with Gasteiger partial charge < -0.3 is 15.7 Å². The van der Waals surface area contributed by atoms with Gasteiger partial charge in [0, 0.05) is 22.7 Å². The zero-order valence-corrected chi connectivity index (χ0v) is 13.5. The Hall–Kier alpha value is -2.60. The van der Waals surface area contributed by atoms with E-state index in [0.717, 1.165) is 0 Å². The van der Waals surface area contributed by atoms with E-state index in [9.17, 15) is 9.90 Å². The molecule has 0 fully saturated rings. The number of nitrogens with one attached hydrogen (secondary N) is 2. The maximum atomic E-state index is 12.2. The molecule has 0 saturated heterocycles. The largest absolute Gasteiger partial charge is 0.493 e. The van der Waals surface area contributed by atoms with E-state index in [4.69, 9.17) is 11.6 Å². The van der Waals surface area contributed by atoms with Crippen molar-refractivity contribution in [2.24, 2.45) is 4.99 Å². The Balaban J connectivity index is 2.22. The SMILES string of the molecule is CC(C)N/C(=N/C(=O)c1ccc(Cl)cc1)Nc1cccc(O)n1. The molecule has 1 aromatic heterocycles. The third kappa shape index (κ3) is 5.27. The average Bonchev–Trinajstić information content (AvgIpc) is 2.47. The second-order valence-corrected chi connectivity index (χ2v) is 5.51. The van der Waals surface area contributed by atoms with Gasteiger partial charge in [-0.1, -0.05) is 17.7 Å². The van der Waals surface area contributed by atoms with Crippen LogP contribution in [0.2, 0.25) is 5.02 Å². The molecular formula is C16H17ClN4O2. The number of rotatable bonds is 3. The second kappa shape index (κ2) is 7.60. The van der Waals surface area contributed by atoms with Crippen LogP contribution < -0.4 is 10.6 Å². The van der Waals surface area contributed by atoms with Crippen LogP contribution in [0.5, 0.6) is 5.88 Å². The minimum absolute atomic E-state index is 0.0524. The maximum Gasteiger partial charge on any atom is 0.280 e. The molecule has 0 bridgehead atoms. The lowest BCUT2D eigenvalue weighted by Crippen LogP contribution is -2.36. The fourth-order valence-corrected chi connectivity index (χ4v) is 1.87. The first-order chi connectivity index (χ1) is 10.9. The van der Waals surface area contributed by atoms with Crippen LogP contribution in [0.15, 0.2) is 47.5 Å². The zero-order chi connectivity index (χ0) is 16.8. The number of guanidine groups is 1. The molecule has 120 valence electrons. The quantitative estimate of drug-likeness (QED) is 0.594. The van der Waals surface area contributed by atoms with E-state index in [-0.39, 0.29) is 17.9 Å². The van der Waals surface area contributed by atoms with Crippen LogP contribution in [0, 0.1) is 0 Å². The fourth-order valence-electron chi connectivity index (χ4n) is 1.74. The van der Waals surface area contributed by atoms with E-state index in [0.29, 0.717) is 16.4 Å². The Morgan fingerprint density at radius 2 is 1.91 bits per heavy atom. The molecule has 0 radical (unpaired) electrons. The maximum absolute atomic E-state index is 12.2. The Morgan fingerprint density at radius 1 is 1.22 bits per heavy atom. The van der Waals surface area contributed by atoms with Gasteiger partial charge >= 0.3 is 0 Å². The number of carbonyl (C=O) groups is 1. The summed E-state index contributed by atoms with van der Waals surface area (Å²) in [4.78, 5) is 20.2. The van der Waals surface area contributed by atoms with Gasteiger partial charge in [0.25, 0.3) is 5.91 Å². The number of anilines is 1. The number of benzene rings is 1. The molecule has 0 spiro atoms. The van der Waals surface area contributed by atoms with Gasteiger partial charge in [0.1, 0.15) is 5.82 Å². The Bertz CT molecular complexity index is 714. The number of halogens is 1. The number of nitrogens with zero attached hydrogens (tertiary/aromatic N) is 2. The van der Waals surface area contributed by atoms with E-state index in [1.807, 2.05) is 13.8 Å². The first-order valence-corrected chi connectivity index (χ1v) is 7.40. The average molecular weight is 333 g/mol. The highest BCUT2D eigenvalue weighted by molar-refractivity contribution is 6.30. The number of hydrogen-bond donors (Lipinski definition) is 3. The number of aromatic nitrogens is 1. The minimum Gasteiger partial charge on any atom is -0.493 e. The Morgan fingerprint density at radius 3 is 2.52 bits per heavy atom. The van der Waals surface area contributed by atoms with Gasteiger partial charge in [-0.3, -0.25) is 4.79 Å². The van der Waals surface area contributed by atoms with Crippen molar-refractivity contribution in [1.29, 1.82) is 0 Å². The molecule has 0 atom stereocenters. The minimum atomic E-state index is -0.419. The second-order valence-electron chi connectivity index (χ2n) is 5.08. The highest BCUT2D eigenvalue weighted by atomic mass is 35.5. The molecule has 0 saturated carbocycles. The number of pyridine rings is 1. The van der Waals surface area contributed by atoms with Gasteiger partial charge in [-0.15, -0.1) is 0 Å². The molecular weight excluding hydrogens is 316 g/mol. The molecule has 1 heterocycles. The van der Waals surface area contributed by atoms with Crippen LogP contribution in [0.1, 0.15) is 24.2 Å². The molecule has 0 aliphatic heterocycles. The molecule has 3 N–H and O–H groups in total. The summed E-state index contributed by atoms with van der Waals surface area (Å²) in [6, 6.07) is 11.3. The van der Waals surface area contributed by atoms with Crippen molar-refractivity contribution in [2.45, 2.75) is 19.9 Å². The first kappa shape index (κ1) is 16.8. The van der Waals surface area contributed by atoms with Gasteiger partial charge in [-0.2, -0.15) is 9.98 Å². The van der Waals surface area contributed by atoms with E-state index in [1.165, 1.54) is 6.07 Å². The highest BCUT2D eigenvalue weighted by Gasteiger charge is 2.09. The van der Waals surface area contributed by atoms with Crippen molar-refractivity contribution in [3.05, 3.63) is 53.1 Å². The van der Waals surface area contributed by atoms with Crippen molar-refractivity contribution in [1.82, 2.24) is 10.3 Å². The van der Waals surface area contributed by atoms with E-state index in [2.05, 4.69) is 20.6 Å². The standard InChI is InChI=1S/C16H17ClN4O2/c1-10(2)18-16(20-13-4-3-5-14(22)19-13)21-15(23)11-6-8-12(17)9-7-11/h3-10H,1-2H3,(H3,18,19,20,21,22,23). The van der Waals surface area contributed by atoms with Crippen LogP contribution in [-0.4, -0.2) is 28.0 Å². The molecule has 2 aromatic rings. The summed E-state index contributed by atoms with van der Waals surface area (Å²) in [5, 5.41) is 15.9. The summed E-state index contributed by atoms with van der Waals surface area (Å²) in [5.41, 5.74) is 0.420. The third-order valence-corrected chi connectivity index (χ3v) is 2.96. The summed E-state index contributed by atoms with van der Waals surface area (Å²) >= 11 is 5.81. The lowest BCUT2D eigenvalue weighted by atomic mass is 10.2. The van der Waals surface area contributed by atoms with Gasteiger partial charge in [0.15, 0.2) is 0 Å². The topological polar surface area (TPSA) is 86.6 Å². The highest BCUT2D eigenvalue weighted by Crippen LogP contribution is 2.11. The molecule has 7 heteroatoms. The predicted octanol–water partition coefficient (Wildman–Crippen LogP) is 3.05. The van der Waals surface area contributed by atoms with E-state index < -0.39 is 5.91 Å². The van der Waals surface area contributed by atoms with E-state index >= 15 is 0 Å². The van der Waals surface area contributed by atoms with Crippen LogP contribution in [0.25, 0.3) is 0 Å². The summed E-state index contributed by atoms with van der Waals surface area (Å²) < 4.78 is 0. The molecule has 0 aliphatic rings. The molecule has 23 heavy (non-hydrogen) atoms. The third-order valence-electron chi connectivity index (χ3n) is 2.71. The number of aliphatic imine (C=N–C) groups is 1. The van der Waals surface area contributed by atoms with Crippen molar-refractivity contribution in [3.8, 4) is 5.88 Å². The van der Waals surface area contributed by atoms with Crippen LogP contribution in [0.3, 0.4) is 0 Å². The monoisotopic (exact) mass is 332 g/mol. The lowest BCUT2D eigenvalue weighted by molar-refractivity contribution is 0.100. The number of carbonyl (C=O) groups excluding carboxylic acids is 1. The molecule has 1 amide bonds. The summed E-state index contributed by atoms with van der Waals surface area (Å²) in [5.74, 6) is 0.0826. The van der Waals surface area contributed by atoms with Gasteiger partial charge in [0.05, 0.1) is 0 Å². The van der Waals surface area contributed by atoms with E-state index in [1.54, 1.807) is 36.4 Å². The summed E-state index contributed by atoms with van der Waals surface area (Å²) in [6.45, 7) is 3.83.